The molecule has 0 aromatic heterocycles. The molecule has 0 heterocycles. The zero-order valence-electron chi connectivity index (χ0n) is 18.5. The highest BCUT2D eigenvalue weighted by atomic mass is 35.5. The average molecular weight is 476 g/mol. The maximum Gasteiger partial charge on any atom is 0.340 e. The van der Waals surface area contributed by atoms with Crippen LogP contribution in [0.25, 0.3) is 0 Å². The highest BCUT2D eigenvalue weighted by Crippen LogP contribution is 2.34. The number of fused-ring (bicyclic) bond motifs is 2. The van der Waals surface area contributed by atoms with Crippen molar-refractivity contribution in [1.82, 2.24) is 5.32 Å². The summed E-state index contributed by atoms with van der Waals surface area (Å²) in [5.41, 5.74) is 1.51. The van der Waals surface area contributed by atoms with Crippen LogP contribution < -0.4 is 5.32 Å². The predicted octanol–water partition coefficient (Wildman–Crippen LogP) is 4.93. The number of rotatable bonds is 7. The Morgan fingerprint density at radius 1 is 0.882 bits per heavy atom. The maximum atomic E-state index is 13.0. The van der Waals surface area contributed by atoms with E-state index in [9.17, 15) is 19.2 Å². The van der Waals surface area contributed by atoms with Crippen molar-refractivity contribution in [2.75, 3.05) is 6.61 Å². The van der Waals surface area contributed by atoms with Gasteiger partial charge in [-0.25, -0.2) is 4.79 Å². The summed E-state index contributed by atoms with van der Waals surface area (Å²) >= 11 is 6.39. The van der Waals surface area contributed by atoms with Gasteiger partial charge in [-0.15, -0.1) is 0 Å². The van der Waals surface area contributed by atoms with Crippen LogP contribution in [-0.4, -0.2) is 30.0 Å². The molecule has 1 aliphatic carbocycles. The number of ether oxygens (including phenoxy) is 1. The van der Waals surface area contributed by atoms with Gasteiger partial charge in [-0.3, -0.25) is 14.4 Å². The number of halogens is 1. The van der Waals surface area contributed by atoms with E-state index in [1.807, 2.05) is 37.3 Å². The van der Waals surface area contributed by atoms with Gasteiger partial charge in [0.1, 0.15) is 0 Å². The second-order valence-corrected chi connectivity index (χ2v) is 8.33. The lowest BCUT2D eigenvalue weighted by Crippen LogP contribution is -2.32. The highest BCUT2D eigenvalue weighted by molar-refractivity contribution is 6.41. The molecular weight excluding hydrogens is 454 g/mol. The van der Waals surface area contributed by atoms with E-state index in [0.717, 1.165) is 18.4 Å². The largest absolute Gasteiger partial charge is 0.452 e. The van der Waals surface area contributed by atoms with Gasteiger partial charge in [0, 0.05) is 16.7 Å². The molecule has 6 nitrogen and oxygen atoms in total. The number of hydrogen-bond acceptors (Lipinski definition) is 5. The fourth-order valence-corrected chi connectivity index (χ4v) is 4.37. The minimum absolute atomic E-state index is 0.0312. The second-order valence-electron chi connectivity index (χ2n) is 7.95. The molecule has 1 amide bonds. The van der Waals surface area contributed by atoms with Crippen LogP contribution in [-0.2, 0) is 9.53 Å². The monoisotopic (exact) mass is 475 g/mol. The van der Waals surface area contributed by atoms with Crippen LogP contribution in [0.4, 0.5) is 0 Å². The Kier molecular flexibility index (Phi) is 6.89. The van der Waals surface area contributed by atoms with E-state index >= 15 is 0 Å². The Morgan fingerprint density at radius 2 is 1.53 bits per heavy atom. The van der Waals surface area contributed by atoms with Crippen LogP contribution in [0.5, 0.6) is 0 Å². The molecule has 4 rings (SSSR count). The molecule has 1 atom stereocenters. The number of benzene rings is 3. The average Bonchev–Trinajstić information content (AvgIpc) is 2.86. The van der Waals surface area contributed by atoms with Gasteiger partial charge in [0.15, 0.2) is 18.2 Å². The van der Waals surface area contributed by atoms with Crippen LogP contribution >= 0.6 is 11.6 Å². The lowest BCUT2D eigenvalue weighted by molar-refractivity contribution is -0.125. The van der Waals surface area contributed by atoms with Crippen molar-refractivity contribution >= 4 is 35.0 Å². The first-order valence-corrected chi connectivity index (χ1v) is 11.3. The first-order chi connectivity index (χ1) is 16.4. The zero-order chi connectivity index (χ0) is 24.2. The number of amides is 1. The first kappa shape index (κ1) is 23.4. The number of carbonyl (C=O) groups excluding carboxylic acids is 4. The number of ketones is 2. The van der Waals surface area contributed by atoms with E-state index in [-0.39, 0.29) is 39.1 Å². The third kappa shape index (κ3) is 4.50. The molecule has 0 fully saturated rings. The molecule has 34 heavy (non-hydrogen) atoms. The van der Waals surface area contributed by atoms with Crippen molar-refractivity contribution < 1.29 is 23.9 Å². The standard InChI is InChI=1S/C27H22ClNO5/c1-2-8-21(16-9-4-3-5-10-16)29-22(30)15-34-27(33)20-14-13-19-23(24(20)28)26(32)18-12-7-6-11-17(18)25(19)31/h3-7,9-14,21H,2,8,15H2,1H3,(H,29,30). The summed E-state index contributed by atoms with van der Waals surface area (Å²) in [7, 11) is 0. The molecule has 0 spiro atoms. The van der Waals surface area contributed by atoms with E-state index in [4.69, 9.17) is 16.3 Å². The van der Waals surface area contributed by atoms with Gasteiger partial charge in [-0.05, 0) is 24.1 Å². The zero-order valence-corrected chi connectivity index (χ0v) is 19.2. The maximum absolute atomic E-state index is 13.0. The number of hydrogen-bond donors (Lipinski definition) is 1. The molecule has 0 radical (unpaired) electrons. The van der Waals surface area contributed by atoms with E-state index in [0.29, 0.717) is 5.56 Å². The lowest BCUT2D eigenvalue weighted by atomic mass is 9.83. The summed E-state index contributed by atoms with van der Waals surface area (Å²) in [5.74, 6) is -2.08. The van der Waals surface area contributed by atoms with Crippen molar-refractivity contribution in [3.05, 3.63) is 105 Å². The van der Waals surface area contributed by atoms with Crippen molar-refractivity contribution in [3.63, 3.8) is 0 Å². The van der Waals surface area contributed by atoms with E-state index in [2.05, 4.69) is 5.32 Å². The summed E-state index contributed by atoms with van der Waals surface area (Å²) in [6.07, 6.45) is 1.60. The van der Waals surface area contributed by atoms with Crippen LogP contribution in [0.2, 0.25) is 5.02 Å². The highest BCUT2D eigenvalue weighted by Gasteiger charge is 2.33. The fraction of sp³-hybridized carbons (Fsp3) is 0.185. The van der Waals surface area contributed by atoms with Gasteiger partial charge in [0.2, 0.25) is 0 Å². The predicted molar refractivity (Wildman–Crippen MR) is 127 cm³/mol. The van der Waals surface area contributed by atoms with E-state index in [1.54, 1.807) is 24.3 Å². The van der Waals surface area contributed by atoms with Gasteiger partial charge in [-0.2, -0.15) is 0 Å². The van der Waals surface area contributed by atoms with Crippen molar-refractivity contribution in [2.24, 2.45) is 0 Å². The molecule has 0 saturated carbocycles. The Hall–Kier alpha value is -3.77. The van der Waals surface area contributed by atoms with Gasteiger partial charge in [0.05, 0.1) is 22.2 Å². The molecule has 1 aliphatic rings. The topological polar surface area (TPSA) is 89.5 Å². The smallest absolute Gasteiger partial charge is 0.340 e. The first-order valence-electron chi connectivity index (χ1n) is 10.9. The summed E-state index contributed by atoms with van der Waals surface area (Å²) < 4.78 is 5.18. The Morgan fingerprint density at radius 3 is 2.21 bits per heavy atom. The minimum atomic E-state index is -0.853. The Balaban J connectivity index is 1.48. The van der Waals surface area contributed by atoms with Gasteiger partial charge in [0.25, 0.3) is 5.91 Å². The third-order valence-corrected chi connectivity index (χ3v) is 6.09. The molecule has 7 heteroatoms. The minimum Gasteiger partial charge on any atom is -0.452 e. The number of nitrogens with one attached hydrogen (secondary N) is 1. The van der Waals surface area contributed by atoms with Crippen molar-refractivity contribution in [1.29, 1.82) is 0 Å². The SMILES string of the molecule is CCCC(NC(=O)COC(=O)c1ccc2c(c1Cl)C(=O)c1ccccc1C2=O)c1ccccc1. The molecule has 0 bridgehead atoms. The van der Waals surface area contributed by atoms with E-state index in [1.165, 1.54) is 12.1 Å². The molecule has 0 aliphatic heterocycles. The molecule has 1 N–H and O–H groups in total. The molecule has 1 unspecified atom stereocenters. The van der Waals surface area contributed by atoms with Crippen LogP contribution in [0.3, 0.4) is 0 Å². The third-order valence-electron chi connectivity index (χ3n) is 5.70. The Labute approximate surface area is 201 Å². The van der Waals surface area contributed by atoms with Crippen molar-refractivity contribution in [2.45, 2.75) is 25.8 Å². The quantitative estimate of drug-likeness (QED) is 0.383. The van der Waals surface area contributed by atoms with Gasteiger partial charge < -0.3 is 10.1 Å². The molecular formula is C27H22ClNO5. The van der Waals surface area contributed by atoms with E-state index < -0.39 is 24.3 Å². The molecule has 3 aromatic carbocycles. The Bertz CT molecular complexity index is 1290. The summed E-state index contributed by atoms with van der Waals surface area (Å²) in [4.78, 5) is 50.9. The van der Waals surface area contributed by atoms with Crippen LogP contribution in [0, 0.1) is 0 Å². The van der Waals surface area contributed by atoms with Crippen LogP contribution in [0.15, 0.2) is 66.7 Å². The summed E-state index contributed by atoms with van der Waals surface area (Å²) in [6.45, 7) is 1.51. The molecule has 172 valence electrons. The fourth-order valence-electron chi connectivity index (χ4n) is 4.04. The van der Waals surface area contributed by atoms with Crippen molar-refractivity contribution in [3.8, 4) is 0 Å². The molecule has 0 saturated heterocycles. The molecule has 3 aromatic rings. The normalized spacial score (nSPS) is 13.0. The summed E-state index contributed by atoms with van der Waals surface area (Å²) in [5, 5.41) is 2.72. The summed E-state index contributed by atoms with van der Waals surface area (Å²) in [6, 6.07) is 18.5. The number of esters is 1. The van der Waals surface area contributed by atoms with Gasteiger partial charge >= 0.3 is 5.97 Å². The second kappa shape index (κ2) is 10.0. The van der Waals surface area contributed by atoms with Gasteiger partial charge in [-0.1, -0.05) is 79.5 Å². The lowest BCUT2D eigenvalue weighted by Gasteiger charge is -2.20. The van der Waals surface area contributed by atoms with Crippen LogP contribution in [0.1, 0.15) is 73.6 Å². The number of carbonyl (C=O) groups is 4.